The number of ether oxygens (including phenoxy) is 1. The van der Waals surface area contributed by atoms with Gasteiger partial charge < -0.3 is 4.74 Å². The fraction of sp³-hybridized carbons (Fsp3) is 0.500. The molecule has 110 valence electrons. The highest BCUT2D eigenvalue weighted by Gasteiger charge is 2.02. The van der Waals surface area contributed by atoms with E-state index in [1.54, 1.807) is 12.1 Å². The number of carbonyl (C=O) groups excluding carboxylic acids is 1. The molecule has 0 fully saturated rings. The quantitative estimate of drug-likeness (QED) is 0.320. The van der Waals surface area contributed by atoms with E-state index in [4.69, 9.17) is 4.74 Å². The summed E-state index contributed by atoms with van der Waals surface area (Å²) in [6, 6.07) is 9.06. The summed E-state index contributed by atoms with van der Waals surface area (Å²) in [5, 5.41) is 0. The maximum Gasteiger partial charge on any atom is 0.342 e. The average Bonchev–Trinajstić information content (AvgIpc) is 2.50. The first kappa shape index (κ1) is 16.5. The molecule has 0 saturated carbocycles. The molecule has 1 aromatic rings. The van der Waals surface area contributed by atoms with Gasteiger partial charge in [0.05, 0.1) is 11.8 Å². The lowest BCUT2D eigenvalue weighted by molar-refractivity contribution is 0.0662. The minimum absolute atomic E-state index is 0.290. The summed E-state index contributed by atoms with van der Waals surface area (Å²) in [7, 11) is 0. The van der Waals surface area contributed by atoms with Crippen LogP contribution < -0.4 is 0 Å². The van der Waals surface area contributed by atoms with Gasteiger partial charge in [0, 0.05) is 0 Å². The van der Waals surface area contributed by atoms with E-state index in [1.807, 2.05) is 24.3 Å². The molecule has 1 rings (SSSR count). The van der Waals surface area contributed by atoms with Crippen LogP contribution in [-0.2, 0) is 4.74 Å². The van der Waals surface area contributed by atoms with Crippen LogP contribution in [0.3, 0.4) is 0 Å². The lowest BCUT2D eigenvalue weighted by Crippen LogP contribution is -1.99. The Morgan fingerprint density at radius 2 is 1.65 bits per heavy atom. The summed E-state index contributed by atoms with van der Waals surface area (Å²) in [6.07, 6.45) is 13.6. The normalized spacial score (nSPS) is 10.8. The predicted molar refractivity (Wildman–Crippen MR) is 83.6 cm³/mol. The summed E-state index contributed by atoms with van der Waals surface area (Å²) >= 11 is 0. The standard InChI is InChI=1S/C18H26O2/c1-2-3-4-5-6-7-8-9-13-16-20-18(19)17-14-11-10-12-15-17/h10-16H,2-9H2,1H3. The Morgan fingerprint density at radius 3 is 2.35 bits per heavy atom. The van der Waals surface area contributed by atoms with Crippen molar-refractivity contribution in [1.29, 1.82) is 0 Å². The van der Waals surface area contributed by atoms with Crippen molar-refractivity contribution in [2.75, 3.05) is 0 Å². The summed E-state index contributed by atoms with van der Waals surface area (Å²) in [5.41, 5.74) is 0.591. The largest absolute Gasteiger partial charge is 0.431 e. The molecule has 2 nitrogen and oxygen atoms in total. The van der Waals surface area contributed by atoms with Gasteiger partial charge in [-0.25, -0.2) is 4.79 Å². The van der Waals surface area contributed by atoms with Crippen molar-refractivity contribution < 1.29 is 9.53 Å². The SMILES string of the molecule is CCCCCCCCCC=COC(=O)c1ccccc1. The lowest BCUT2D eigenvalue weighted by atomic mass is 10.1. The van der Waals surface area contributed by atoms with Gasteiger partial charge in [-0.1, -0.05) is 63.6 Å². The Kier molecular flexibility index (Phi) is 9.29. The molecule has 0 saturated heterocycles. The van der Waals surface area contributed by atoms with Gasteiger partial charge in [0.25, 0.3) is 0 Å². The number of allylic oxidation sites excluding steroid dienone is 1. The molecule has 0 heterocycles. The Hall–Kier alpha value is -1.57. The van der Waals surface area contributed by atoms with E-state index in [-0.39, 0.29) is 5.97 Å². The van der Waals surface area contributed by atoms with Crippen molar-refractivity contribution >= 4 is 5.97 Å². The third-order valence-electron chi connectivity index (χ3n) is 3.26. The monoisotopic (exact) mass is 274 g/mol. The molecule has 0 unspecified atom stereocenters. The molecule has 0 radical (unpaired) electrons. The summed E-state index contributed by atoms with van der Waals surface area (Å²) in [4.78, 5) is 11.6. The van der Waals surface area contributed by atoms with Crippen molar-refractivity contribution in [3.05, 3.63) is 48.2 Å². The first-order chi connectivity index (χ1) is 9.84. The molecule has 0 aliphatic heterocycles. The van der Waals surface area contributed by atoms with Crippen LogP contribution >= 0.6 is 0 Å². The summed E-state index contributed by atoms with van der Waals surface area (Å²) in [6.45, 7) is 2.24. The van der Waals surface area contributed by atoms with E-state index in [9.17, 15) is 4.79 Å². The maximum atomic E-state index is 11.6. The van der Waals surface area contributed by atoms with Gasteiger partial charge >= 0.3 is 5.97 Å². The van der Waals surface area contributed by atoms with E-state index in [1.165, 1.54) is 51.2 Å². The molecule has 20 heavy (non-hydrogen) atoms. The molecule has 0 aliphatic carbocycles. The topological polar surface area (TPSA) is 26.3 Å². The third kappa shape index (κ3) is 7.78. The van der Waals surface area contributed by atoms with Crippen LogP contribution in [0.5, 0.6) is 0 Å². The fourth-order valence-corrected chi connectivity index (χ4v) is 2.04. The van der Waals surface area contributed by atoms with Crippen molar-refractivity contribution in [3.63, 3.8) is 0 Å². The Bertz CT molecular complexity index is 382. The number of hydrogen-bond donors (Lipinski definition) is 0. The van der Waals surface area contributed by atoms with Crippen LogP contribution in [0.2, 0.25) is 0 Å². The molecule has 0 aromatic heterocycles. The van der Waals surface area contributed by atoms with Crippen LogP contribution in [0, 0.1) is 0 Å². The summed E-state index contributed by atoms with van der Waals surface area (Å²) in [5.74, 6) is -0.290. The first-order valence-electron chi connectivity index (χ1n) is 7.75. The smallest absolute Gasteiger partial charge is 0.342 e. The second kappa shape index (κ2) is 11.3. The highest BCUT2D eigenvalue weighted by atomic mass is 16.5. The van der Waals surface area contributed by atoms with E-state index < -0.39 is 0 Å². The number of rotatable bonds is 10. The van der Waals surface area contributed by atoms with E-state index in [0.717, 1.165) is 6.42 Å². The van der Waals surface area contributed by atoms with Crippen LogP contribution in [-0.4, -0.2) is 5.97 Å². The third-order valence-corrected chi connectivity index (χ3v) is 3.26. The van der Waals surface area contributed by atoms with Crippen LogP contribution in [0.1, 0.15) is 68.6 Å². The number of unbranched alkanes of at least 4 members (excludes halogenated alkanes) is 7. The van der Waals surface area contributed by atoms with E-state index >= 15 is 0 Å². The van der Waals surface area contributed by atoms with Crippen molar-refractivity contribution in [1.82, 2.24) is 0 Å². The molecule has 0 N–H and O–H groups in total. The molecule has 2 heteroatoms. The van der Waals surface area contributed by atoms with E-state index in [0.29, 0.717) is 5.56 Å². The number of benzene rings is 1. The van der Waals surface area contributed by atoms with E-state index in [2.05, 4.69) is 6.92 Å². The first-order valence-corrected chi connectivity index (χ1v) is 7.75. The molecule has 0 atom stereocenters. The molecule has 0 aliphatic rings. The lowest BCUT2D eigenvalue weighted by Gasteiger charge is -2.00. The van der Waals surface area contributed by atoms with Gasteiger partial charge in [-0.05, 0) is 31.1 Å². The Morgan fingerprint density at radius 1 is 1.00 bits per heavy atom. The molecular formula is C18H26O2. The van der Waals surface area contributed by atoms with Crippen molar-refractivity contribution in [2.45, 2.75) is 58.3 Å². The van der Waals surface area contributed by atoms with Crippen molar-refractivity contribution in [2.24, 2.45) is 0 Å². The minimum atomic E-state index is -0.290. The van der Waals surface area contributed by atoms with Gasteiger partial charge in [-0.3, -0.25) is 0 Å². The van der Waals surface area contributed by atoms with Crippen LogP contribution in [0.15, 0.2) is 42.7 Å². The predicted octanol–water partition coefficient (Wildman–Crippen LogP) is 5.50. The van der Waals surface area contributed by atoms with Gasteiger partial charge in [0.1, 0.15) is 0 Å². The van der Waals surface area contributed by atoms with Gasteiger partial charge in [-0.15, -0.1) is 0 Å². The van der Waals surface area contributed by atoms with Crippen molar-refractivity contribution in [3.8, 4) is 0 Å². The maximum absolute atomic E-state index is 11.6. The molecule has 0 amide bonds. The summed E-state index contributed by atoms with van der Waals surface area (Å²) < 4.78 is 5.07. The molecule has 0 spiro atoms. The fourth-order valence-electron chi connectivity index (χ4n) is 2.04. The number of hydrogen-bond acceptors (Lipinski definition) is 2. The Balaban J connectivity index is 2.01. The number of carbonyl (C=O) groups is 1. The van der Waals surface area contributed by atoms with Gasteiger partial charge in [0.2, 0.25) is 0 Å². The molecule has 0 bridgehead atoms. The van der Waals surface area contributed by atoms with Gasteiger partial charge in [-0.2, -0.15) is 0 Å². The highest BCUT2D eigenvalue weighted by Crippen LogP contribution is 2.08. The molecular weight excluding hydrogens is 248 g/mol. The zero-order valence-corrected chi connectivity index (χ0v) is 12.5. The van der Waals surface area contributed by atoms with Gasteiger partial charge in [0.15, 0.2) is 0 Å². The zero-order valence-electron chi connectivity index (χ0n) is 12.5. The second-order valence-corrected chi connectivity index (χ2v) is 5.05. The highest BCUT2D eigenvalue weighted by molar-refractivity contribution is 5.89. The average molecular weight is 274 g/mol. The minimum Gasteiger partial charge on any atom is -0.431 e. The number of esters is 1. The second-order valence-electron chi connectivity index (χ2n) is 5.05. The molecule has 1 aromatic carbocycles. The van der Waals surface area contributed by atoms with Crippen LogP contribution in [0.4, 0.5) is 0 Å². The Labute approximate surface area is 122 Å². The zero-order chi connectivity index (χ0) is 14.5. The van der Waals surface area contributed by atoms with Crippen LogP contribution in [0.25, 0.3) is 0 Å².